The SMILES string of the molecule is CC1CCCN(C2CCNCC2)CCC1. The normalized spacial score (nSPS) is 28.6. The number of rotatable bonds is 1. The third-order valence-corrected chi connectivity index (χ3v) is 4.11. The van der Waals surface area contributed by atoms with Crippen molar-refractivity contribution < 1.29 is 0 Å². The van der Waals surface area contributed by atoms with Gasteiger partial charge in [-0.3, -0.25) is 0 Å². The van der Waals surface area contributed by atoms with Gasteiger partial charge in [-0.05, 0) is 70.6 Å². The molecule has 88 valence electrons. The first-order chi connectivity index (χ1) is 7.36. The molecule has 0 amide bonds. The fourth-order valence-corrected chi connectivity index (χ4v) is 3.08. The van der Waals surface area contributed by atoms with Crippen LogP contribution in [0.4, 0.5) is 0 Å². The summed E-state index contributed by atoms with van der Waals surface area (Å²) in [5, 5.41) is 3.46. The average Bonchev–Trinajstić information content (AvgIpc) is 2.24. The van der Waals surface area contributed by atoms with Crippen molar-refractivity contribution >= 4 is 0 Å². The van der Waals surface area contributed by atoms with E-state index in [1.807, 2.05) is 0 Å². The number of nitrogens with zero attached hydrogens (tertiary/aromatic N) is 1. The summed E-state index contributed by atoms with van der Waals surface area (Å²) in [5.41, 5.74) is 0. The van der Waals surface area contributed by atoms with Gasteiger partial charge in [0.15, 0.2) is 0 Å². The Morgan fingerprint density at radius 3 is 2.13 bits per heavy atom. The molecule has 0 aliphatic carbocycles. The van der Waals surface area contributed by atoms with E-state index in [1.54, 1.807) is 0 Å². The van der Waals surface area contributed by atoms with Crippen molar-refractivity contribution in [2.75, 3.05) is 26.2 Å². The van der Waals surface area contributed by atoms with Crippen molar-refractivity contribution in [1.82, 2.24) is 10.2 Å². The highest BCUT2D eigenvalue weighted by Crippen LogP contribution is 2.20. The maximum Gasteiger partial charge on any atom is 0.0119 e. The molecule has 1 N–H and O–H groups in total. The van der Waals surface area contributed by atoms with Crippen LogP contribution in [0.25, 0.3) is 0 Å². The molecule has 0 radical (unpaired) electrons. The second-order valence-electron chi connectivity index (χ2n) is 5.41. The highest BCUT2D eigenvalue weighted by Gasteiger charge is 2.21. The molecule has 0 spiro atoms. The molecule has 2 aliphatic rings. The lowest BCUT2D eigenvalue weighted by Crippen LogP contribution is -2.44. The summed E-state index contributed by atoms with van der Waals surface area (Å²) in [6.45, 7) is 7.60. The van der Waals surface area contributed by atoms with Gasteiger partial charge < -0.3 is 10.2 Å². The maximum atomic E-state index is 3.46. The first-order valence-corrected chi connectivity index (χ1v) is 6.81. The summed E-state index contributed by atoms with van der Waals surface area (Å²) < 4.78 is 0. The van der Waals surface area contributed by atoms with Crippen LogP contribution < -0.4 is 5.32 Å². The lowest BCUT2D eigenvalue weighted by Gasteiger charge is -2.36. The van der Waals surface area contributed by atoms with Crippen LogP contribution >= 0.6 is 0 Å². The van der Waals surface area contributed by atoms with Gasteiger partial charge >= 0.3 is 0 Å². The van der Waals surface area contributed by atoms with E-state index in [9.17, 15) is 0 Å². The number of likely N-dealkylation sites (tertiary alicyclic amines) is 1. The predicted octanol–water partition coefficient (Wildman–Crippen LogP) is 2.25. The Hall–Kier alpha value is -0.0800. The van der Waals surface area contributed by atoms with Gasteiger partial charge in [0.05, 0.1) is 0 Å². The van der Waals surface area contributed by atoms with Crippen LogP contribution in [-0.2, 0) is 0 Å². The van der Waals surface area contributed by atoms with E-state index in [-0.39, 0.29) is 0 Å². The molecule has 0 aromatic heterocycles. The Labute approximate surface area is 94.4 Å². The van der Waals surface area contributed by atoms with Gasteiger partial charge in [-0.2, -0.15) is 0 Å². The minimum atomic E-state index is 0.889. The lowest BCUT2D eigenvalue weighted by molar-refractivity contribution is 0.141. The highest BCUT2D eigenvalue weighted by molar-refractivity contribution is 4.79. The van der Waals surface area contributed by atoms with Crippen molar-refractivity contribution in [2.24, 2.45) is 5.92 Å². The largest absolute Gasteiger partial charge is 0.317 e. The molecule has 2 nitrogen and oxygen atoms in total. The molecule has 0 aromatic rings. The fourth-order valence-electron chi connectivity index (χ4n) is 3.08. The molecular formula is C13H26N2. The molecule has 0 bridgehead atoms. The third-order valence-electron chi connectivity index (χ3n) is 4.11. The van der Waals surface area contributed by atoms with E-state index in [0.29, 0.717) is 0 Å². The number of piperidine rings is 1. The molecular weight excluding hydrogens is 184 g/mol. The first-order valence-electron chi connectivity index (χ1n) is 6.81. The maximum absolute atomic E-state index is 3.46. The predicted molar refractivity (Wildman–Crippen MR) is 65.1 cm³/mol. The van der Waals surface area contributed by atoms with Crippen molar-refractivity contribution in [3.8, 4) is 0 Å². The van der Waals surface area contributed by atoms with Gasteiger partial charge in [-0.25, -0.2) is 0 Å². The smallest absolute Gasteiger partial charge is 0.0119 e. The summed E-state index contributed by atoms with van der Waals surface area (Å²) in [6, 6.07) is 0.889. The van der Waals surface area contributed by atoms with Crippen LogP contribution in [0.1, 0.15) is 45.4 Å². The van der Waals surface area contributed by atoms with E-state index in [1.165, 1.54) is 64.7 Å². The topological polar surface area (TPSA) is 15.3 Å². The van der Waals surface area contributed by atoms with Crippen LogP contribution in [0, 0.1) is 5.92 Å². The van der Waals surface area contributed by atoms with E-state index >= 15 is 0 Å². The zero-order valence-corrected chi connectivity index (χ0v) is 10.2. The zero-order chi connectivity index (χ0) is 10.5. The third kappa shape index (κ3) is 3.46. The highest BCUT2D eigenvalue weighted by atomic mass is 15.2. The van der Waals surface area contributed by atoms with Crippen LogP contribution in [0.5, 0.6) is 0 Å². The standard InChI is InChI=1S/C13H26N2/c1-12-4-2-10-15(11-3-5-12)13-6-8-14-9-7-13/h12-14H,2-11H2,1H3. The van der Waals surface area contributed by atoms with E-state index < -0.39 is 0 Å². The van der Waals surface area contributed by atoms with Gasteiger partial charge in [0.25, 0.3) is 0 Å². The average molecular weight is 210 g/mol. The molecule has 0 aromatic carbocycles. The second-order valence-corrected chi connectivity index (χ2v) is 5.41. The monoisotopic (exact) mass is 210 g/mol. The molecule has 0 atom stereocenters. The number of hydrogen-bond donors (Lipinski definition) is 1. The fraction of sp³-hybridized carbons (Fsp3) is 1.00. The van der Waals surface area contributed by atoms with Crippen molar-refractivity contribution in [3.05, 3.63) is 0 Å². The Morgan fingerprint density at radius 1 is 0.933 bits per heavy atom. The minimum absolute atomic E-state index is 0.889. The molecule has 2 rings (SSSR count). The molecule has 2 heterocycles. The van der Waals surface area contributed by atoms with E-state index in [4.69, 9.17) is 0 Å². The van der Waals surface area contributed by atoms with E-state index in [0.717, 1.165) is 12.0 Å². The Balaban J connectivity index is 1.80. The Bertz CT molecular complexity index is 165. The molecule has 2 saturated heterocycles. The summed E-state index contributed by atoms with van der Waals surface area (Å²) in [7, 11) is 0. The second kappa shape index (κ2) is 5.86. The lowest BCUT2D eigenvalue weighted by atomic mass is 9.95. The minimum Gasteiger partial charge on any atom is -0.317 e. The quantitative estimate of drug-likeness (QED) is 0.714. The molecule has 0 unspecified atom stereocenters. The summed E-state index contributed by atoms with van der Waals surface area (Å²) in [4.78, 5) is 2.77. The van der Waals surface area contributed by atoms with Gasteiger partial charge in [-0.1, -0.05) is 6.92 Å². The van der Waals surface area contributed by atoms with Gasteiger partial charge in [0, 0.05) is 6.04 Å². The Kier molecular flexibility index (Phi) is 4.45. The summed E-state index contributed by atoms with van der Waals surface area (Å²) in [6.07, 6.45) is 8.48. The van der Waals surface area contributed by atoms with Crippen molar-refractivity contribution in [3.63, 3.8) is 0 Å². The number of hydrogen-bond acceptors (Lipinski definition) is 2. The summed E-state index contributed by atoms with van der Waals surface area (Å²) >= 11 is 0. The molecule has 0 saturated carbocycles. The molecule has 2 aliphatic heterocycles. The van der Waals surface area contributed by atoms with Crippen molar-refractivity contribution in [2.45, 2.75) is 51.5 Å². The van der Waals surface area contributed by atoms with Crippen LogP contribution in [0.2, 0.25) is 0 Å². The van der Waals surface area contributed by atoms with Crippen LogP contribution in [-0.4, -0.2) is 37.1 Å². The van der Waals surface area contributed by atoms with Gasteiger partial charge in [0.2, 0.25) is 0 Å². The molecule has 2 heteroatoms. The summed E-state index contributed by atoms with van der Waals surface area (Å²) in [5.74, 6) is 0.972. The van der Waals surface area contributed by atoms with Crippen LogP contribution in [0.15, 0.2) is 0 Å². The number of nitrogens with one attached hydrogen (secondary N) is 1. The van der Waals surface area contributed by atoms with Gasteiger partial charge in [-0.15, -0.1) is 0 Å². The van der Waals surface area contributed by atoms with Crippen molar-refractivity contribution in [1.29, 1.82) is 0 Å². The van der Waals surface area contributed by atoms with E-state index in [2.05, 4.69) is 17.1 Å². The van der Waals surface area contributed by atoms with Crippen LogP contribution in [0.3, 0.4) is 0 Å². The van der Waals surface area contributed by atoms with Gasteiger partial charge in [0.1, 0.15) is 0 Å². The Morgan fingerprint density at radius 2 is 1.53 bits per heavy atom. The molecule has 15 heavy (non-hydrogen) atoms. The first kappa shape index (κ1) is 11.4. The zero-order valence-electron chi connectivity index (χ0n) is 10.2. The molecule has 2 fully saturated rings.